The molecular formula is C29H30IrNO2S-. The first-order valence-corrected chi connectivity index (χ1v) is 12.4. The summed E-state index contributed by atoms with van der Waals surface area (Å²) in [6.45, 7) is 7.31. The van der Waals surface area contributed by atoms with Crippen LogP contribution in [0.15, 0.2) is 54.4 Å². The molecule has 34 heavy (non-hydrogen) atoms. The van der Waals surface area contributed by atoms with Crippen molar-refractivity contribution >= 4 is 37.3 Å². The Labute approximate surface area is 219 Å². The minimum absolute atomic E-state index is 0. The molecule has 0 spiro atoms. The molecule has 1 aliphatic rings. The zero-order valence-electron chi connectivity index (χ0n) is 20.1. The van der Waals surface area contributed by atoms with Crippen LogP contribution in [0.4, 0.5) is 0 Å². The van der Waals surface area contributed by atoms with Crippen molar-refractivity contribution in [3.63, 3.8) is 0 Å². The van der Waals surface area contributed by atoms with Crippen LogP contribution >= 0.6 is 11.3 Å². The van der Waals surface area contributed by atoms with E-state index in [1.165, 1.54) is 71.3 Å². The van der Waals surface area contributed by atoms with Crippen LogP contribution in [-0.4, -0.2) is 15.9 Å². The van der Waals surface area contributed by atoms with Crippen LogP contribution in [0.1, 0.15) is 63.1 Å². The van der Waals surface area contributed by atoms with Gasteiger partial charge in [-0.25, -0.2) is 0 Å². The molecule has 179 valence electrons. The molecule has 0 amide bonds. The molecular weight excluding hydrogens is 619 g/mol. The molecule has 2 heterocycles. The summed E-state index contributed by atoms with van der Waals surface area (Å²) in [6, 6.07) is 16.9. The number of hydrogen-bond acceptors (Lipinski definition) is 4. The van der Waals surface area contributed by atoms with Crippen LogP contribution in [0.5, 0.6) is 0 Å². The topological polar surface area (TPSA) is 50.2 Å². The fourth-order valence-corrected chi connectivity index (χ4v) is 5.64. The Morgan fingerprint density at radius 1 is 1.09 bits per heavy atom. The maximum Gasteiger partial charge on any atom is 0.155 e. The Bertz CT molecular complexity index is 1350. The van der Waals surface area contributed by atoms with E-state index in [9.17, 15) is 4.79 Å². The zero-order valence-corrected chi connectivity index (χ0v) is 23.3. The SMILES string of the molecule is CC(=O)/C=C(/C)O.CC(C)c1cc[c-]c(-c2nccc3c2sc2cc4c(cc23)CCCC4)c1.[Ir]. The molecule has 3 nitrogen and oxygen atoms in total. The Hall–Kier alpha value is -2.33. The molecule has 0 fully saturated rings. The van der Waals surface area contributed by atoms with Gasteiger partial charge in [0.05, 0.1) is 5.76 Å². The predicted octanol–water partition coefficient (Wildman–Crippen LogP) is 7.95. The number of carbonyl (C=O) groups excluding carboxylic acids is 1. The van der Waals surface area contributed by atoms with Crippen molar-refractivity contribution in [2.75, 3.05) is 0 Å². The van der Waals surface area contributed by atoms with Crippen LogP contribution in [-0.2, 0) is 37.7 Å². The smallest absolute Gasteiger partial charge is 0.155 e. The normalized spacial score (nSPS) is 13.3. The van der Waals surface area contributed by atoms with E-state index in [4.69, 9.17) is 10.1 Å². The molecule has 0 saturated heterocycles. The van der Waals surface area contributed by atoms with Gasteiger partial charge in [0, 0.05) is 47.5 Å². The van der Waals surface area contributed by atoms with Crippen molar-refractivity contribution in [3.8, 4) is 11.3 Å². The average Bonchev–Trinajstić information content (AvgIpc) is 3.14. The molecule has 0 atom stereocenters. The number of pyridine rings is 1. The second-order valence-corrected chi connectivity index (χ2v) is 10.1. The van der Waals surface area contributed by atoms with Gasteiger partial charge in [-0.1, -0.05) is 13.8 Å². The molecule has 2 aromatic heterocycles. The molecule has 4 aromatic rings. The third kappa shape index (κ3) is 5.83. The summed E-state index contributed by atoms with van der Waals surface area (Å²) in [6.07, 6.45) is 8.23. The average molecular weight is 649 g/mol. The van der Waals surface area contributed by atoms with Gasteiger partial charge in [0.1, 0.15) is 0 Å². The first kappa shape index (κ1) is 26.3. The van der Waals surface area contributed by atoms with Gasteiger partial charge in [-0.15, -0.1) is 46.7 Å². The quantitative estimate of drug-likeness (QED) is 0.139. The summed E-state index contributed by atoms with van der Waals surface area (Å²) >= 11 is 1.89. The van der Waals surface area contributed by atoms with Crippen LogP contribution in [0.25, 0.3) is 31.4 Å². The van der Waals surface area contributed by atoms with Gasteiger partial charge >= 0.3 is 0 Å². The molecule has 1 aliphatic carbocycles. The number of fused-ring (bicyclic) bond motifs is 4. The zero-order chi connectivity index (χ0) is 23.5. The number of allylic oxidation sites excluding steroid dienone is 2. The predicted molar refractivity (Wildman–Crippen MR) is 139 cm³/mol. The van der Waals surface area contributed by atoms with Crippen molar-refractivity contribution in [1.29, 1.82) is 0 Å². The maximum absolute atomic E-state index is 10.0. The Morgan fingerprint density at radius 3 is 2.41 bits per heavy atom. The van der Waals surface area contributed by atoms with Crippen LogP contribution in [0.2, 0.25) is 0 Å². The number of ketones is 1. The molecule has 0 unspecified atom stereocenters. The number of carbonyl (C=O) groups is 1. The van der Waals surface area contributed by atoms with Gasteiger partial charge < -0.3 is 10.1 Å². The minimum Gasteiger partial charge on any atom is -0.512 e. The van der Waals surface area contributed by atoms with Gasteiger partial charge in [-0.05, 0) is 85.5 Å². The Balaban J connectivity index is 0.000000357. The van der Waals surface area contributed by atoms with E-state index in [1.54, 1.807) is 11.1 Å². The summed E-state index contributed by atoms with van der Waals surface area (Å²) in [7, 11) is 0. The maximum atomic E-state index is 10.0. The van der Waals surface area contributed by atoms with Crippen molar-refractivity contribution in [1.82, 2.24) is 4.98 Å². The summed E-state index contributed by atoms with van der Waals surface area (Å²) in [5.41, 5.74) is 6.63. The van der Waals surface area contributed by atoms with E-state index in [1.807, 2.05) is 23.6 Å². The third-order valence-electron chi connectivity index (χ3n) is 6.01. The van der Waals surface area contributed by atoms with Gasteiger partial charge in [0.15, 0.2) is 5.78 Å². The van der Waals surface area contributed by atoms with Crippen LogP contribution in [0, 0.1) is 6.07 Å². The Morgan fingerprint density at radius 2 is 1.79 bits per heavy atom. The van der Waals surface area contributed by atoms with Crippen LogP contribution in [0.3, 0.4) is 0 Å². The van der Waals surface area contributed by atoms with Gasteiger partial charge in [-0.2, -0.15) is 0 Å². The number of aryl methyl sites for hydroxylation is 2. The molecule has 1 N–H and O–H groups in total. The van der Waals surface area contributed by atoms with Crippen molar-refractivity contribution in [2.45, 2.75) is 59.3 Å². The largest absolute Gasteiger partial charge is 0.512 e. The fourth-order valence-electron chi connectivity index (χ4n) is 4.40. The summed E-state index contributed by atoms with van der Waals surface area (Å²) in [4.78, 5) is 14.8. The first-order valence-electron chi connectivity index (χ1n) is 11.6. The number of nitrogens with zero attached hydrogens (tertiary/aromatic N) is 1. The summed E-state index contributed by atoms with van der Waals surface area (Å²) in [5, 5.41) is 11.1. The summed E-state index contributed by atoms with van der Waals surface area (Å²) in [5.74, 6) is 0.448. The van der Waals surface area contributed by atoms with E-state index in [0.29, 0.717) is 5.92 Å². The van der Waals surface area contributed by atoms with E-state index >= 15 is 0 Å². The van der Waals surface area contributed by atoms with Crippen molar-refractivity contribution < 1.29 is 30.0 Å². The molecule has 5 heteroatoms. The molecule has 0 saturated carbocycles. The standard InChI is InChI=1S/C24H22NS.C5H8O2.Ir/c1-15(2)16-8-5-9-19(12-16)23-24-20(10-11-25-23)21-13-17-6-3-4-7-18(17)14-22(21)26-24;1-4(6)3-5(2)7;/h5,8,10-15H,3-4,6-7H2,1-2H3;3,6H,1-2H3;/q-1;;/b;4-3-;. The summed E-state index contributed by atoms with van der Waals surface area (Å²) < 4.78 is 2.69. The Kier molecular flexibility index (Phi) is 8.81. The van der Waals surface area contributed by atoms with Gasteiger partial charge in [0.25, 0.3) is 0 Å². The van der Waals surface area contributed by atoms with Crippen LogP contribution < -0.4 is 0 Å². The minimum atomic E-state index is -0.125. The molecule has 5 rings (SSSR count). The van der Waals surface area contributed by atoms with Gasteiger partial charge in [0.2, 0.25) is 0 Å². The van der Waals surface area contributed by atoms with E-state index in [0.717, 1.165) is 11.3 Å². The van der Waals surface area contributed by atoms with E-state index in [2.05, 4.69) is 50.2 Å². The number of aliphatic hydroxyl groups is 1. The number of rotatable bonds is 3. The fraction of sp³-hybridized carbons (Fsp3) is 0.310. The first-order chi connectivity index (χ1) is 15.8. The van der Waals surface area contributed by atoms with E-state index < -0.39 is 0 Å². The number of hydrogen-bond donors (Lipinski definition) is 1. The second kappa shape index (κ2) is 11.4. The third-order valence-corrected chi connectivity index (χ3v) is 7.19. The molecule has 1 radical (unpaired) electrons. The number of benzene rings is 2. The molecule has 0 aliphatic heterocycles. The molecule has 0 bridgehead atoms. The monoisotopic (exact) mass is 649 g/mol. The number of aromatic nitrogens is 1. The van der Waals surface area contributed by atoms with Gasteiger partial charge in [-0.3, -0.25) is 4.79 Å². The number of thiophene rings is 1. The molecule has 2 aromatic carbocycles. The van der Waals surface area contributed by atoms with Crippen molar-refractivity contribution in [2.24, 2.45) is 0 Å². The number of aliphatic hydroxyl groups excluding tert-OH is 1. The van der Waals surface area contributed by atoms with Crippen molar-refractivity contribution in [3.05, 3.63) is 77.2 Å². The van der Waals surface area contributed by atoms with E-state index in [-0.39, 0.29) is 31.6 Å². The second-order valence-electron chi connectivity index (χ2n) is 9.05.